The summed E-state index contributed by atoms with van der Waals surface area (Å²) in [5, 5.41) is 3.60. The van der Waals surface area contributed by atoms with Crippen LogP contribution >= 0.6 is 0 Å². The van der Waals surface area contributed by atoms with E-state index in [1.165, 1.54) is 19.3 Å². The van der Waals surface area contributed by atoms with Crippen LogP contribution in [0, 0.1) is 23.7 Å². The minimum absolute atomic E-state index is 0.00633. The summed E-state index contributed by atoms with van der Waals surface area (Å²) in [6, 6.07) is 0.432. The largest absolute Gasteiger partial charge is 0.322 e. The van der Waals surface area contributed by atoms with Crippen molar-refractivity contribution >= 4 is 5.91 Å². The van der Waals surface area contributed by atoms with Crippen LogP contribution in [-0.2, 0) is 4.79 Å². The smallest absolute Gasteiger partial charge is 0.241 e. The van der Waals surface area contributed by atoms with E-state index in [0.29, 0.717) is 29.7 Å². The van der Waals surface area contributed by atoms with Gasteiger partial charge in [-0.1, -0.05) is 54.4 Å². The van der Waals surface area contributed by atoms with E-state index in [4.69, 9.17) is 0 Å². The van der Waals surface area contributed by atoms with Gasteiger partial charge in [0, 0.05) is 6.04 Å². The first-order valence-electron chi connectivity index (χ1n) is 8.42. The lowest BCUT2D eigenvalue weighted by Gasteiger charge is -2.43. The second-order valence-electron chi connectivity index (χ2n) is 7.66. The molecule has 5 atom stereocenters. The van der Waals surface area contributed by atoms with E-state index in [0.717, 1.165) is 5.92 Å². The van der Waals surface area contributed by atoms with Gasteiger partial charge in [-0.25, -0.2) is 0 Å². The molecule has 20 heavy (non-hydrogen) atoms. The van der Waals surface area contributed by atoms with Crippen molar-refractivity contribution < 1.29 is 4.79 Å². The first kappa shape index (κ1) is 15.8. The lowest BCUT2D eigenvalue weighted by Crippen LogP contribution is -2.52. The molecular formula is C17H32N2O. The van der Waals surface area contributed by atoms with Gasteiger partial charge in [-0.3, -0.25) is 10.1 Å². The summed E-state index contributed by atoms with van der Waals surface area (Å²) in [5.41, 5.74) is 0. The monoisotopic (exact) mass is 280 g/mol. The van der Waals surface area contributed by atoms with Gasteiger partial charge in [-0.05, 0) is 30.1 Å². The molecular weight excluding hydrogens is 248 g/mol. The Morgan fingerprint density at radius 1 is 1.10 bits per heavy atom. The van der Waals surface area contributed by atoms with Gasteiger partial charge in [-0.2, -0.15) is 0 Å². The predicted molar refractivity (Wildman–Crippen MR) is 83.2 cm³/mol. The van der Waals surface area contributed by atoms with Crippen molar-refractivity contribution in [1.82, 2.24) is 10.2 Å². The maximum Gasteiger partial charge on any atom is 0.241 e. The van der Waals surface area contributed by atoms with Crippen LogP contribution in [0.5, 0.6) is 0 Å². The zero-order valence-electron chi connectivity index (χ0n) is 14.0. The van der Waals surface area contributed by atoms with Crippen LogP contribution in [0.3, 0.4) is 0 Å². The molecule has 1 amide bonds. The van der Waals surface area contributed by atoms with E-state index in [1.807, 2.05) is 0 Å². The van der Waals surface area contributed by atoms with Crippen molar-refractivity contribution in [2.75, 3.05) is 0 Å². The molecule has 116 valence electrons. The Morgan fingerprint density at radius 2 is 1.75 bits per heavy atom. The van der Waals surface area contributed by atoms with Gasteiger partial charge in [0.25, 0.3) is 0 Å². The minimum Gasteiger partial charge on any atom is -0.322 e. The lowest BCUT2D eigenvalue weighted by atomic mass is 9.77. The maximum atomic E-state index is 12.9. The summed E-state index contributed by atoms with van der Waals surface area (Å²) in [7, 11) is 0. The molecule has 2 fully saturated rings. The third-order valence-corrected chi connectivity index (χ3v) is 5.49. The summed E-state index contributed by atoms with van der Waals surface area (Å²) >= 11 is 0. The fourth-order valence-corrected chi connectivity index (χ4v) is 3.94. The highest BCUT2D eigenvalue weighted by atomic mass is 16.2. The Labute approximate surface area is 124 Å². The minimum atomic E-state index is 0.00633. The molecule has 3 heteroatoms. The van der Waals surface area contributed by atoms with Crippen LogP contribution in [0.15, 0.2) is 0 Å². The number of amides is 1. The third kappa shape index (κ3) is 2.74. The number of carbonyl (C=O) groups is 1. The van der Waals surface area contributed by atoms with Crippen LogP contribution in [0.2, 0.25) is 0 Å². The first-order chi connectivity index (χ1) is 9.34. The Bertz CT molecular complexity index is 353. The molecule has 1 aliphatic carbocycles. The zero-order valence-corrected chi connectivity index (χ0v) is 14.0. The molecule has 0 aromatic carbocycles. The molecule has 0 aromatic heterocycles. The van der Waals surface area contributed by atoms with Crippen molar-refractivity contribution in [1.29, 1.82) is 0 Å². The number of rotatable bonds is 3. The van der Waals surface area contributed by atoms with Gasteiger partial charge in [0.1, 0.15) is 0 Å². The molecule has 1 N–H and O–H groups in total. The van der Waals surface area contributed by atoms with Crippen molar-refractivity contribution in [3.63, 3.8) is 0 Å². The Balaban J connectivity index is 2.24. The highest BCUT2D eigenvalue weighted by Crippen LogP contribution is 2.36. The van der Waals surface area contributed by atoms with E-state index in [2.05, 4.69) is 51.8 Å². The standard InChI is InChI=1S/C17H32N2O/c1-10(2)15-17(20)19(16(18-15)11(3)4)14-9-7-8-12(5)13(14)6/h10-16,18H,7-9H2,1-6H3. The van der Waals surface area contributed by atoms with Gasteiger partial charge in [-0.15, -0.1) is 0 Å². The highest BCUT2D eigenvalue weighted by Gasteiger charge is 2.47. The highest BCUT2D eigenvalue weighted by molar-refractivity contribution is 5.85. The molecule has 1 saturated heterocycles. The number of carbonyl (C=O) groups excluding carboxylic acids is 1. The Kier molecular flexibility index (Phi) is 4.78. The average Bonchev–Trinajstić information content (AvgIpc) is 2.71. The molecule has 5 unspecified atom stereocenters. The summed E-state index contributed by atoms with van der Waals surface area (Å²) in [4.78, 5) is 15.1. The van der Waals surface area contributed by atoms with Crippen LogP contribution in [-0.4, -0.2) is 29.1 Å². The van der Waals surface area contributed by atoms with Crippen molar-refractivity contribution in [3.8, 4) is 0 Å². The molecule has 0 spiro atoms. The fourth-order valence-electron chi connectivity index (χ4n) is 3.94. The number of nitrogens with one attached hydrogen (secondary N) is 1. The number of hydrogen-bond donors (Lipinski definition) is 1. The fraction of sp³-hybridized carbons (Fsp3) is 0.941. The second-order valence-corrected chi connectivity index (χ2v) is 7.66. The van der Waals surface area contributed by atoms with E-state index in [1.54, 1.807) is 0 Å². The summed E-state index contributed by atoms with van der Waals surface area (Å²) in [5.74, 6) is 2.51. The molecule has 1 heterocycles. The normalized spacial score (nSPS) is 39.1. The van der Waals surface area contributed by atoms with Crippen molar-refractivity contribution in [3.05, 3.63) is 0 Å². The topological polar surface area (TPSA) is 32.3 Å². The number of hydrogen-bond acceptors (Lipinski definition) is 2. The van der Waals surface area contributed by atoms with Crippen molar-refractivity contribution in [2.45, 2.75) is 79.1 Å². The van der Waals surface area contributed by atoms with E-state index < -0.39 is 0 Å². The van der Waals surface area contributed by atoms with Gasteiger partial charge in [0.15, 0.2) is 0 Å². The summed E-state index contributed by atoms with van der Waals surface area (Å²) in [6.07, 6.45) is 3.96. The Morgan fingerprint density at radius 3 is 2.30 bits per heavy atom. The SMILES string of the molecule is CC(C)C1NC(C(C)C)N(C2CCCC(C)C2C)C1=O. The van der Waals surface area contributed by atoms with Crippen molar-refractivity contribution in [2.24, 2.45) is 23.7 Å². The molecule has 0 bridgehead atoms. The molecule has 1 saturated carbocycles. The van der Waals surface area contributed by atoms with E-state index >= 15 is 0 Å². The van der Waals surface area contributed by atoms with E-state index in [-0.39, 0.29) is 12.2 Å². The second kappa shape index (κ2) is 6.05. The van der Waals surface area contributed by atoms with Crippen LogP contribution < -0.4 is 5.32 Å². The zero-order chi connectivity index (χ0) is 15.0. The van der Waals surface area contributed by atoms with Gasteiger partial charge in [0.2, 0.25) is 5.91 Å². The molecule has 0 aromatic rings. The molecule has 2 aliphatic rings. The lowest BCUT2D eigenvalue weighted by molar-refractivity contribution is -0.136. The van der Waals surface area contributed by atoms with Gasteiger partial charge < -0.3 is 4.90 Å². The van der Waals surface area contributed by atoms with Crippen LogP contribution in [0.25, 0.3) is 0 Å². The van der Waals surface area contributed by atoms with Crippen LogP contribution in [0.4, 0.5) is 0 Å². The quantitative estimate of drug-likeness (QED) is 0.860. The maximum absolute atomic E-state index is 12.9. The first-order valence-corrected chi connectivity index (χ1v) is 8.42. The predicted octanol–water partition coefficient (Wildman–Crippen LogP) is 3.25. The third-order valence-electron chi connectivity index (χ3n) is 5.49. The van der Waals surface area contributed by atoms with E-state index in [9.17, 15) is 4.79 Å². The molecule has 3 nitrogen and oxygen atoms in total. The van der Waals surface area contributed by atoms with Gasteiger partial charge >= 0.3 is 0 Å². The average molecular weight is 280 g/mol. The molecule has 0 radical (unpaired) electrons. The molecule has 1 aliphatic heterocycles. The van der Waals surface area contributed by atoms with Crippen LogP contribution in [0.1, 0.15) is 60.8 Å². The Hall–Kier alpha value is -0.570. The summed E-state index contributed by atoms with van der Waals surface area (Å²) < 4.78 is 0. The number of nitrogens with zero attached hydrogens (tertiary/aromatic N) is 1. The molecule has 2 rings (SSSR count). The van der Waals surface area contributed by atoms with Gasteiger partial charge in [0.05, 0.1) is 12.2 Å². The summed E-state index contributed by atoms with van der Waals surface area (Å²) in [6.45, 7) is 13.4.